The Morgan fingerprint density at radius 1 is 1.08 bits per heavy atom. The predicted molar refractivity (Wildman–Crippen MR) is 91.8 cm³/mol. The van der Waals surface area contributed by atoms with Crippen LogP contribution in [0.15, 0.2) is 64.5 Å². The zero-order valence-corrected chi connectivity index (χ0v) is 13.9. The molecule has 0 spiro atoms. The van der Waals surface area contributed by atoms with E-state index in [-0.39, 0.29) is 15.9 Å². The minimum atomic E-state index is -3.84. The number of benzene rings is 2. The van der Waals surface area contributed by atoms with Crippen molar-refractivity contribution < 1.29 is 17.9 Å². The van der Waals surface area contributed by atoms with Crippen LogP contribution in [0.4, 0.5) is 10.1 Å². The van der Waals surface area contributed by atoms with Crippen molar-refractivity contribution in [3.8, 4) is 0 Å². The van der Waals surface area contributed by atoms with Crippen LogP contribution in [0.2, 0.25) is 0 Å². The van der Waals surface area contributed by atoms with E-state index in [2.05, 4.69) is 4.98 Å². The monoisotopic (exact) mass is 358 g/mol. The van der Waals surface area contributed by atoms with Crippen molar-refractivity contribution in [3.05, 3.63) is 60.5 Å². The lowest BCUT2D eigenvalue weighted by Crippen LogP contribution is -2.50. The molecule has 4 rings (SSSR count). The zero-order chi connectivity index (χ0) is 17.6. The van der Waals surface area contributed by atoms with Gasteiger partial charge >= 0.3 is 0 Å². The number of aromatic nitrogens is 1. The van der Waals surface area contributed by atoms with Gasteiger partial charge in [0.2, 0.25) is 9.84 Å². The van der Waals surface area contributed by atoms with E-state index in [1.54, 1.807) is 12.1 Å². The number of nitrogens with zero attached hydrogens (tertiary/aromatic N) is 2. The third-order valence-corrected chi connectivity index (χ3v) is 6.00. The minimum Gasteiger partial charge on any atom is -0.389 e. The van der Waals surface area contributed by atoms with Gasteiger partial charge in [-0.25, -0.2) is 12.8 Å². The molecule has 25 heavy (non-hydrogen) atoms. The molecular formula is C18H15FN2O3S. The highest BCUT2D eigenvalue weighted by molar-refractivity contribution is 7.91. The SMILES string of the molecule is O=S(=O)(c1cccc(F)c1)c1cnc2c(N3CC(O)C3)cccc2c1. The second-order valence-corrected chi connectivity index (χ2v) is 7.99. The predicted octanol–water partition coefficient (Wildman–Crippen LogP) is 2.39. The Balaban J connectivity index is 1.79. The van der Waals surface area contributed by atoms with Crippen molar-refractivity contribution in [2.24, 2.45) is 0 Å². The molecule has 1 aliphatic rings. The zero-order valence-electron chi connectivity index (χ0n) is 13.1. The summed E-state index contributed by atoms with van der Waals surface area (Å²) >= 11 is 0. The fourth-order valence-electron chi connectivity index (χ4n) is 2.95. The van der Waals surface area contributed by atoms with Crippen molar-refractivity contribution in [1.82, 2.24) is 4.98 Å². The molecule has 3 aromatic rings. The molecule has 1 fully saturated rings. The van der Waals surface area contributed by atoms with Gasteiger partial charge in [0.15, 0.2) is 0 Å². The number of pyridine rings is 1. The van der Waals surface area contributed by atoms with Gasteiger partial charge in [-0.2, -0.15) is 0 Å². The number of hydrogen-bond donors (Lipinski definition) is 1. The van der Waals surface area contributed by atoms with Crippen LogP contribution >= 0.6 is 0 Å². The van der Waals surface area contributed by atoms with Gasteiger partial charge < -0.3 is 10.0 Å². The molecule has 7 heteroatoms. The molecule has 0 bridgehead atoms. The Morgan fingerprint density at radius 3 is 2.56 bits per heavy atom. The van der Waals surface area contributed by atoms with Gasteiger partial charge in [0.25, 0.3) is 0 Å². The Morgan fingerprint density at radius 2 is 1.84 bits per heavy atom. The second kappa shape index (κ2) is 5.79. The van der Waals surface area contributed by atoms with Crippen LogP contribution in [-0.2, 0) is 9.84 Å². The molecule has 0 radical (unpaired) electrons. The van der Waals surface area contributed by atoms with Crippen LogP contribution in [-0.4, -0.2) is 37.7 Å². The summed E-state index contributed by atoms with van der Waals surface area (Å²) in [5, 5.41) is 10.2. The van der Waals surface area contributed by atoms with E-state index < -0.39 is 15.7 Å². The van der Waals surface area contributed by atoms with Crippen LogP contribution in [0, 0.1) is 5.82 Å². The third-order valence-electron chi connectivity index (χ3n) is 4.28. The normalized spacial score (nSPS) is 15.4. The summed E-state index contributed by atoms with van der Waals surface area (Å²) in [5.74, 6) is -0.603. The summed E-state index contributed by atoms with van der Waals surface area (Å²) < 4.78 is 38.8. The number of hydrogen-bond acceptors (Lipinski definition) is 5. The fraction of sp³-hybridized carbons (Fsp3) is 0.167. The average molecular weight is 358 g/mol. The third kappa shape index (κ3) is 2.75. The first-order valence-corrected chi connectivity index (χ1v) is 9.26. The first kappa shape index (κ1) is 16.0. The molecule has 128 valence electrons. The summed E-state index contributed by atoms with van der Waals surface area (Å²) in [7, 11) is -3.84. The van der Waals surface area contributed by atoms with Crippen LogP contribution in [0.25, 0.3) is 10.9 Å². The van der Waals surface area contributed by atoms with E-state index in [4.69, 9.17) is 0 Å². The Hall–Kier alpha value is -2.51. The Kier molecular flexibility index (Phi) is 3.70. The van der Waals surface area contributed by atoms with Crippen LogP contribution in [0.3, 0.4) is 0 Å². The van der Waals surface area contributed by atoms with Crippen LogP contribution in [0.5, 0.6) is 0 Å². The number of β-amino-alcohol motifs (C(OH)–C–C–N with tert-alkyl or cyclic N) is 1. The number of para-hydroxylation sites is 1. The minimum absolute atomic E-state index is 0.0198. The lowest BCUT2D eigenvalue weighted by atomic mass is 10.1. The molecule has 1 N–H and O–H groups in total. The van der Waals surface area contributed by atoms with Crippen molar-refractivity contribution in [2.75, 3.05) is 18.0 Å². The maximum atomic E-state index is 13.4. The van der Waals surface area contributed by atoms with Gasteiger partial charge in [-0.1, -0.05) is 18.2 Å². The first-order valence-electron chi connectivity index (χ1n) is 7.77. The van der Waals surface area contributed by atoms with Gasteiger partial charge in [-0.3, -0.25) is 4.98 Å². The van der Waals surface area contributed by atoms with E-state index in [0.29, 0.717) is 24.0 Å². The maximum Gasteiger partial charge on any atom is 0.208 e. The van der Waals surface area contributed by atoms with E-state index in [1.807, 2.05) is 17.0 Å². The molecule has 0 aliphatic carbocycles. The standard InChI is InChI=1S/C18H15FN2O3S/c19-13-4-2-5-15(8-13)25(23,24)16-7-12-3-1-6-17(18(12)20-9-16)21-10-14(22)11-21/h1-9,14,22H,10-11H2. The van der Waals surface area contributed by atoms with E-state index in [9.17, 15) is 17.9 Å². The second-order valence-electron chi connectivity index (χ2n) is 6.04. The summed E-state index contributed by atoms with van der Waals surface area (Å²) in [5.41, 5.74) is 1.53. The summed E-state index contributed by atoms with van der Waals surface area (Å²) in [6.07, 6.45) is 0.949. The quantitative estimate of drug-likeness (QED) is 0.778. The highest BCUT2D eigenvalue weighted by atomic mass is 32.2. The highest BCUT2D eigenvalue weighted by Gasteiger charge is 2.26. The van der Waals surface area contributed by atoms with E-state index in [1.165, 1.54) is 24.4 Å². The molecule has 1 saturated heterocycles. The molecule has 0 atom stereocenters. The topological polar surface area (TPSA) is 70.5 Å². The number of anilines is 1. The van der Waals surface area contributed by atoms with Crippen molar-refractivity contribution in [1.29, 1.82) is 0 Å². The number of sulfone groups is 1. The molecule has 1 aromatic heterocycles. The molecule has 2 heterocycles. The van der Waals surface area contributed by atoms with Crippen molar-refractivity contribution in [2.45, 2.75) is 15.9 Å². The lowest BCUT2D eigenvalue weighted by molar-refractivity contribution is 0.142. The lowest BCUT2D eigenvalue weighted by Gasteiger charge is -2.38. The number of rotatable bonds is 3. The number of aliphatic hydroxyl groups is 1. The van der Waals surface area contributed by atoms with Gasteiger partial charge in [-0.05, 0) is 30.3 Å². The summed E-state index contributed by atoms with van der Waals surface area (Å²) in [4.78, 5) is 6.23. The molecule has 0 amide bonds. The van der Waals surface area contributed by atoms with Crippen molar-refractivity contribution >= 4 is 26.4 Å². The van der Waals surface area contributed by atoms with E-state index in [0.717, 1.165) is 11.8 Å². The average Bonchev–Trinajstić information content (AvgIpc) is 2.58. The van der Waals surface area contributed by atoms with Gasteiger partial charge in [0, 0.05) is 24.7 Å². The highest BCUT2D eigenvalue weighted by Crippen LogP contribution is 2.31. The maximum absolute atomic E-state index is 13.4. The Bertz CT molecular complexity index is 1060. The Labute approximate surface area is 144 Å². The smallest absolute Gasteiger partial charge is 0.208 e. The number of aliphatic hydroxyl groups excluding tert-OH is 1. The largest absolute Gasteiger partial charge is 0.389 e. The first-order chi connectivity index (χ1) is 11.9. The molecule has 5 nitrogen and oxygen atoms in total. The van der Waals surface area contributed by atoms with Crippen molar-refractivity contribution in [3.63, 3.8) is 0 Å². The fourth-order valence-corrected chi connectivity index (χ4v) is 4.22. The van der Waals surface area contributed by atoms with Crippen LogP contribution < -0.4 is 4.90 Å². The van der Waals surface area contributed by atoms with Crippen LogP contribution in [0.1, 0.15) is 0 Å². The molecule has 1 aliphatic heterocycles. The number of fused-ring (bicyclic) bond motifs is 1. The molecule has 0 saturated carbocycles. The van der Waals surface area contributed by atoms with Gasteiger partial charge in [0.1, 0.15) is 5.82 Å². The van der Waals surface area contributed by atoms with Gasteiger partial charge in [0.05, 0.1) is 27.1 Å². The molecule has 2 aromatic carbocycles. The van der Waals surface area contributed by atoms with Gasteiger partial charge in [-0.15, -0.1) is 0 Å². The summed E-state index contributed by atoms with van der Waals surface area (Å²) in [6.45, 7) is 1.06. The molecule has 0 unspecified atom stereocenters. The molecular weight excluding hydrogens is 343 g/mol. The van der Waals surface area contributed by atoms with E-state index >= 15 is 0 Å². The number of halogens is 1. The summed E-state index contributed by atoms with van der Waals surface area (Å²) in [6, 6.07) is 12.0.